The number of aryl methyl sites for hydroxylation is 1. The van der Waals surface area contributed by atoms with Gasteiger partial charge in [0.15, 0.2) is 0 Å². The highest BCUT2D eigenvalue weighted by molar-refractivity contribution is 5.86. The number of anilines is 1. The molecule has 142 valence electrons. The summed E-state index contributed by atoms with van der Waals surface area (Å²) in [5, 5.41) is 4.73. The van der Waals surface area contributed by atoms with Crippen LogP contribution in [-0.4, -0.2) is 20.4 Å². The topological polar surface area (TPSA) is 62.2 Å². The summed E-state index contributed by atoms with van der Waals surface area (Å²) in [5.41, 5.74) is 4.10. The van der Waals surface area contributed by atoms with E-state index in [1.165, 1.54) is 24.8 Å². The molecule has 3 heterocycles. The zero-order valence-corrected chi connectivity index (χ0v) is 16.0. The monoisotopic (exact) mass is 372 g/mol. The van der Waals surface area contributed by atoms with Crippen molar-refractivity contribution in [1.29, 1.82) is 0 Å². The first kappa shape index (κ1) is 17.0. The van der Waals surface area contributed by atoms with Crippen LogP contribution in [0.2, 0.25) is 0 Å². The van der Waals surface area contributed by atoms with Gasteiger partial charge >= 0.3 is 0 Å². The molecule has 3 aromatic heterocycles. The highest BCUT2D eigenvalue weighted by Crippen LogP contribution is 2.31. The van der Waals surface area contributed by atoms with E-state index >= 15 is 0 Å². The highest BCUT2D eigenvalue weighted by Gasteiger charge is 2.21. The molecule has 0 saturated heterocycles. The second-order valence-corrected chi connectivity index (χ2v) is 7.82. The summed E-state index contributed by atoms with van der Waals surface area (Å²) in [7, 11) is 0. The average molecular weight is 372 g/mol. The second-order valence-electron chi connectivity index (χ2n) is 7.82. The highest BCUT2D eigenvalue weighted by atomic mass is 16.1. The summed E-state index contributed by atoms with van der Waals surface area (Å²) >= 11 is 0. The lowest BCUT2D eigenvalue weighted by molar-refractivity contribution is 0.462. The van der Waals surface area contributed by atoms with Crippen LogP contribution in [0.1, 0.15) is 37.7 Å². The van der Waals surface area contributed by atoms with Crippen molar-refractivity contribution in [2.75, 3.05) is 5.32 Å². The molecular formula is C23H24N4O. The smallest absolute Gasteiger partial charge is 0.258 e. The Kier molecular flexibility index (Phi) is 4.15. The van der Waals surface area contributed by atoms with E-state index in [9.17, 15) is 4.79 Å². The van der Waals surface area contributed by atoms with Gasteiger partial charge in [-0.15, -0.1) is 0 Å². The van der Waals surface area contributed by atoms with Gasteiger partial charge in [-0.2, -0.15) is 0 Å². The summed E-state index contributed by atoms with van der Waals surface area (Å²) < 4.78 is 2.06. The summed E-state index contributed by atoms with van der Waals surface area (Å²) in [6, 6.07) is 14.4. The zero-order valence-electron chi connectivity index (χ0n) is 16.0. The standard InChI is InChI=1S/C23H24N4O/c1-15-10-11-19-16(13-15)14-18(23(28)25-19)21-22(24-17-7-3-2-4-8-17)27-12-6-5-9-20(27)26-21/h5-6,9-14,17,24H,2-4,7-8H2,1H3,(H,25,28). The summed E-state index contributed by atoms with van der Waals surface area (Å²) in [4.78, 5) is 20.8. The minimum atomic E-state index is -0.105. The van der Waals surface area contributed by atoms with Crippen LogP contribution < -0.4 is 10.9 Å². The zero-order chi connectivity index (χ0) is 19.1. The van der Waals surface area contributed by atoms with Gasteiger partial charge in [0.1, 0.15) is 17.2 Å². The molecule has 1 aliphatic rings. The average Bonchev–Trinajstić information content (AvgIpc) is 3.07. The minimum Gasteiger partial charge on any atom is -0.367 e. The predicted molar refractivity (Wildman–Crippen MR) is 114 cm³/mol. The molecule has 2 N–H and O–H groups in total. The SMILES string of the molecule is Cc1ccc2[nH]c(=O)c(-c3nc4ccccn4c3NC3CCCCC3)cc2c1. The number of fused-ring (bicyclic) bond motifs is 2. The van der Waals surface area contributed by atoms with Gasteiger partial charge in [0.2, 0.25) is 0 Å². The van der Waals surface area contributed by atoms with E-state index in [-0.39, 0.29) is 5.56 Å². The van der Waals surface area contributed by atoms with Crippen molar-refractivity contribution in [2.24, 2.45) is 0 Å². The molecule has 0 amide bonds. The van der Waals surface area contributed by atoms with Crippen molar-refractivity contribution >= 4 is 22.4 Å². The molecule has 0 atom stereocenters. The molecule has 28 heavy (non-hydrogen) atoms. The van der Waals surface area contributed by atoms with Gasteiger partial charge in [-0.05, 0) is 55.5 Å². The number of aromatic nitrogens is 3. The van der Waals surface area contributed by atoms with Gasteiger partial charge in [-0.1, -0.05) is 37.0 Å². The van der Waals surface area contributed by atoms with Gasteiger partial charge in [0.05, 0.1) is 5.56 Å². The van der Waals surface area contributed by atoms with Crippen LogP contribution in [0, 0.1) is 6.92 Å². The molecule has 1 aromatic carbocycles. The first-order chi connectivity index (χ1) is 13.7. The predicted octanol–water partition coefficient (Wildman–Crippen LogP) is 4.90. The Labute approximate surface area is 163 Å². The van der Waals surface area contributed by atoms with Gasteiger partial charge in [0.25, 0.3) is 5.56 Å². The lowest BCUT2D eigenvalue weighted by Gasteiger charge is -2.24. The number of benzene rings is 1. The van der Waals surface area contributed by atoms with Gasteiger partial charge in [-0.3, -0.25) is 9.20 Å². The molecule has 5 heteroatoms. The third-order valence-corrected chi connectivity index (χ3v) is 5.73. The number of hydrogen-bond acceptors (Lipinski definition) is 3. The van der Waals surface area contributed by atoms with Crippen LogP contribution in [0.5, 0.6) is 0 Å². The molecular weight excluding hydrogens is 348 g/mol. The Morgan fingerprint density at radius 3 is 2.82 bits per heavy atom. The third kappa shape index (κ3) is 2.97. The quantitative estimate of drug-likeness (QED) is 0.538. The van der Waals surface area contributed by atoms with E-state index < -0.39 is 0 Å². The van der Waals surface area contributed by atoms with Crippen molar-refractivity contribution in [3.8, 4) is 11.3 Å². The van der Waals surface area contributed by atoms with E-state index in [0.29, 0.717) is 11.6 Å². The lowest BCUT2D eigenvalue weighted by Crippen LogP contribution is -2.23. The van der Waals surface area contributed by atoms with Crippen molar-refractivity contribution < 1.29 is 0 Å². The Morgan fingerprint density at radius 1 is 1.11 bits per heavy atom. The van der Waals surface area contributed by atoms with E-state index in [4.69, 9.17) is 4.98 Å². The Morgan fingerprint density at radius 2 is 1.96 bits per heavy atom. The largest absolute Gasteiger partial charge is 0.367 e. The molecule has 5 nitrogen and oxygen atoms in total. The Bertz CT molecular complexity index is 1210. The van der Waals surface area contributed by atoms with Gasteiger partial charge in [0, 0.05) is 17.8 Å². The maximum Gasteiger partial charge on any atom is 0.258 e. The molecule has 0 unspecified atom stereocenters. The second kappa shape index (κ2) is 6.82. The molecule has 1 saturated carbocycles. The van der Waals surface area contributed by atoms with Crippen LogP contribution in [0.3, 0.4) is 0 Å². The molecule has 0 spiro atoms. The Hall–Kier alpha value is -3.08. The fraction of sp³-hybridized carbons (Fsp3) is 0.304. The van der Waals surface area contributed by atoms with Crippen molar-refractivity contribution in [1.82, 2.24) is 14.4 Å². The van der Waals surface area contributed by atoms with Crippen molar-refractivity contribution in [2.45, 2.75) is 45.1 Å². The molecule has 5 rings (SSSR count). The number of H-pyrrole nitrogens is 1. The van der Waals surface area contributed by atoms with Crippen LogP contribution in [-0.2, 0) is 0 Å². The van der Waals surface area contributed by atoms with Crippen LogP contribution >= 0.6 is 0 Å². The molecule has 0 bridgehead atoms. The van der Waals surface area contributed by atoms with Crippen LogP contribution in [0.4, 0.5) is 5.82 Å². The summed E-state index contributed by atoms with van der Waals surface area (Å²) in [6.45, 7) is 2.06. The Balaban J connectivity index is 1.69. The maximum atomic E-state index is 12.9. The lowest BCUT2D eigenvalue weighted by atomic mass is 9.95. The van der Waals surface area contributed by atoms with Crippen LogP contribution in [0.25, 0.3) is 27.8 Å². The first-order valence-electron chi connectivity index (χ1n) is 10.1. The number of aromatic amines is 1. The molecule has 1 fully saturated rings. The number of imidazole rings is 1. The number of rotatable bonds is 3. The fourth-order valence-electron chi connectivity index (χ4n) is 4.26. The van der Waals surface area contributed by atoms with Crippen molar-refractivity contribution in [3.63, 3.8) is 0 Å². The summed E-state index contributed by atoms with van der Waals surface area (Å²) in [6.07, 6.45) is 8.14. The maximum absolute atomic E-state index is 12.9. The fourth-order valence-corrected chi connectivity index (χ4v) is 4.26. The van der Waals surface area contributed by atoms with Gasteiger partial charge < -0.3 is 10.3 Å². The minimum absolute atomic E-state index is 0.105. The van der Waals surface area contributed by atoms with E-state index in [1.54, 1.807) is 0 Å². The number of nitrogens with zero attached hydrogens (tertiary/aromatic N) is 2. The first-order valence-corrected chi connectivity index (χ1v) is 10.1. The molecule has 0 radical (unpaired) electrons. The normalized spacial score (nSPS) is 15.3. The van der Waals surface area contributed by atoms with Crippen LogP contribution in [0.15, 0.2) is 53.5 Å². The van der Waals surface area contributed by atoms with E-state index in [0.717, 1.165) is 40.9 Å². The molecule has 4 aromatic rings. The van der Waals surface area contributed by atoms with E-state index in [1.807, 2.05) is 42.6 Å². The van der Waals surface area contributed by atoms with E-state index in [2.05, 4.69) is 27.7 Å². The number of pyridine rings is 2. The summed E-state index contributed by atoms with van der Waals surface area (Å²) in [5.74, 6) is 0.917. The van der Waals surface area contributed by atoms with Crippen molar-refractivity contribution in [3.05, 3.63) is 64.6 Å². The van der Waals surface area contributed by atoms with Gasteiger partial charge in [-0.25, -0.2) is 4.98 Å². The number of hydrogen-bond donors (Lipinski definition) is 2. The molecule has 0 aliphatic heterocycles. The number of nitrogens with one attached hydrogen (secondary N) is 2. The molecule has 1 aliphatic carbocycles. The third-order valence-electron chi connectivity index (χ3n) is 5.73.